The molecule has 0 aliphatic carbocycles. The first-order valence-corrected chi connectivity index (χ1v) is 6.15. The van der Waals surface area contributed by atoms with Crippen molar-refractivity contribution in [1.29, 1.82) is 0 Å². The van der Waals surface area contributed by atoms with E-state index < -0.39 is 9.84 Å². The largest absolute Gasteiger partial charge is 0.370 e. The van der Waals surface area contributed by atoms with Crippen molar-refractivity contribution in [3.8, 4) is 0 Å². The van der Waals surface area contributed by atoms with Crippen molar-refractivity contribution in [3.63, 3.8) is 0 Å². The molecule has 0 aromatic rings. The second-order valence-electron chi connectivity index (χ2n) is 3.00. The van der Waals surface area contributed by atoms with Gasteiger partial charge in [0.05, 0.1) is 5.75 Å². The molecule has 0 aromatic carbocycles. The van der Waals surface area contributed by atoms with E-state index in [2.05, 4.69) is 10.3 Å². The summed E-state index contributed by atoms with van der Waals surface area (Å²) < 4.78 is 21.7. The number of aliphatic imine (C=N–C) groups is 1. The lowest BCUT2D eigenvalue weighted by atomic mass is 10.4. The summed E-state index contributed by atoms with van der Waals surface area (Å²) in [4.78, 5) is 3.88. The summed E-state index contributed by atoms with van der Waals surface area (Å²) >= 11 is 0. The lowest BCUT2D eigenvalue weighted by Crippen LogP contribution is -2.41. The highest BCUT2D eigenvalue weighted by molar-refractivity contribution is 7.90. The van der Waals surface area contributed by atoms with Crippen LogP contribution in [0, 0.1) is 0 Å². The minimum absolute atomic E-state index is 0.0624. The van der Waals surface area contributed by atoms with E-state index in [1.165, 1.54) is 6.26 Å². The van der Waals surface area contributed by atoms with Gasteiger partial charge in [-0.25, -0.2) is 8.42 Å². The predicted molar refractivity (Wildman–Crippen MR) is 54.5 cm³/mol. The molecule has 5 nitrogen and oxygen atoms in total. The molecule has 0 aliphatic rings. The van der Waals surface area contributed by atoms with Gasteiger partial charge in [-0.2, -0.15) is 0 Å². The van der Waals surface area contributed by atoms with Gasteiger partial charge in [0.25, 0.3) is 0 Å². The molecule has 0 heterocycles. The molecule has 0 spiro atoms. The number of nitrogens with zero attached hydrogens (tertiary/aromatic N) is 1. The van der Waals surface area contributed by atoms with E-state index in [4.69, 9.17) is 5.73 Å². The summed E-state index contributed by atoms with van der Waals surface area (Å²) in [7, 11) is -2.96. The van der Waals surface area contributed by atoms with E-state index in [1.807, 2.05) is 6.92 Å². The van der Waals surface area contributed by atoms with Gasteiger partial charge in [0.1, 0.15) is 9.84 Å². The predicted octanol–water partition coefficient (Wildman–Crippen LogP) is -0.656. The number of rotatable bonds is 4. The monoisotopic (exact) mass is 207 g/mol. The zero-order valence-electron chi connectivity index (χ0n) is 8.24. The number of hydrogen-bond acceptors (Lipinski definition) is 3. The molecule has 0 aliphatic heterocycles. The summed E-state index contributed by atoms with van der Waals surface area (Å²) in [5, 5.41) is 2.79. The fourth-order valence-corrected chi connectivity index (χ4v) is 1.96. The van der Waals surface area contributed by atoms with Gasteiger partial charge < -0.3 is 11.1 Å². The van der Waals surface area contributed by atoms with Crippen LogP contribution < -0.4 is 11.1 Å². The van der Waals surface area contributed by atoms with Crippen LogP contribution in [0.1, 0.15) is 13.8 Å². The molecule has 0 radical (unpaired) electrons. The zero-order chi connectivity index (χ0) is 10.5. The smallest absolute Gasteiger partial charge is 0.188 e. The van der Waals surface area contributed by atoms with Crippen LogP contribution in [0.25, 0.3) is 0 Å². The van der Waals surface area contributed by atoms with E-state index in [9.17, 15) is 8.42 Å². The number of guanidine groups is 1. The summed E-state index contributed by atoms with van der Waals surface area (Å²) in [6.45, 7) is 4.19. The quantitative estimate of drug-likeness (QED) is 0.473. The molecule has 0 rings (SSSR count). The summed E-state index contributed by atoms with van der Waals surface area (Å²) in [5.74, 6) is 0.353. The van der Waals surface area contributed by atoms with Crippen LogP contribution in [-0.4, -0.2) is 39.0 Å². The third-order valence-corrected chi connectivity index (χ3v) is 2.38. The van der Waals surface area contributed by atoms with E-state index in [1.54, 1.807) is 6.92 Å². The molecular formula is C7H17N3O2S. The summed E-state index contributed by atoms with van der Waals surface area (Å²) in [6.07, 6.45) is 1.19. The van der Waals surface area contributed by atoms with Gasteiger partial charge in [0, 0.05) is 18.8 Å². The minimum atomic E-state index is -2.96. The Morgan fingerprint density at radius 3 is 2.54 bits per heavy atom. The molecule has 0 fully saturated rings. The SMILES string of the molecule is CCN=C(N)NC(C)CS(C)(=O)=O. The molecule has 0 saturated carbocycles. The maximum absolute atomic E-state index is 10.9. The Labute approximate surface area is 79.3 Å². The molecule has 1 atom stereocenters. The van der Waals surface area contributed by atoms with Crippen molar-refractivity contribution in [1.82, 2.24) is 5.32 Å². The molecule has 6 heteroatoms. The van der Waals surface area contributed by atoms with E-state index >= 15 is 0 Å². The Hall–Kier alpha value is -0.780. The van der Waals surface area contributed by atoms with Crippen LogP contribution in [0.3, 0.4) is 0 Å². The lowest BCUT2D eigenvalue weighted by molar-refractivity contribution is 0.590. The Bertz CT molecular complexity index is 271. The summed E-state index contributed by atoms with van der Waals surface area (Å²) in [5.41, 5.74) is 5.45. The molecule has 0 amide bonds. The fourth-order valence-electron chi connectivity index (χ4n) is 0.964. The van der Waals surface area contributed by atoms with Crippen molar-refractivity contribution in [2.75, 3.05) is 18.6 Å². The molecule has 0 bridgehead atoms. The molecule has 78 valence electrons. The third kappa shape index (κ3) is 7.58. The number of nitrogens with one attached hydrogen (secondary N) is 1. The highest BCUT2D eigenvalue weighted by atomic mass is 32.2. The van der Waals surface area contributed by atoms with Gasteiger partial charge in [-0.05, 0) is 13.8 Å². The van der Waals surface area contributed by atoms with Crippen LogP contribution in [0.4, 0.5) is 0 Å². The summed E-state index contributed by atoms with van der Waals surface area (Å²) in [6, 6.07) is -0.203. The van der Waals surface area contributed by atoms with Gasteiger partial charge >= 0.3 is 0 Å². The standard InChI is InChI=1S/C7H17N3O2S/c1-4-9-7(8)10-6(2)5-13(3,11)12/h6H,4-5H2,1-3H3,(H3,8,9,10). The number of nitrogens with two attached hydrogens (primary N) is 1. The van der Waals surface area contributed by atoms with Gasteiger partial charge in [0.2, 0.25) is 0 Å². The highest BCUT2D eigenvalue weighted by Gasteiger charge is 2.10. The zero-order valence-corrected chi connectivity index (χ0v) is 9.06. The molecule has 0 aromatic heterocycles. The van der Waals surface area contributed by atoms with Crippen LogP contribution in [0.2, 0.25) is 0 Å². The van der Waals surface area contributed by atoms with Crippen molar-refractivity contribution >= 4 is 15.8 Å². The second kappa shape index (κ2) is 5.06. The maximum atomic E-state index is 10.9. The second-order valence-corrected chi connectivity index (χ2v) is 5.18. The van der Waals surface area contributed by atoms with Crippen LogP contribution in [-0.2, 0) is 9.84 Å². The number of sulfone groups is 1. The lowest BCUT2D eigenvalue weighted by Gasteiger charge is -2.12. The van der Waals surface area contributed by atoms with Gasteiger partial charge in [-0.3, -0.25) is 4.99 Å². The molecular weight excluding hydrogens is 190 g/mol. The molecule has 0 saturated heterocycles. The van der Waals surface area contributed by atoms with Crippen molar-refractivity contribution in [3.05, 3.63) is 0 Å². The first kappa shape index (κ1) is 12.2. The van der Waals surface area contributed by atoms with Crippen LogP contribution in [0.5, 0.6) is 0 Å². The first-order chi connectivity index (χ1) is 5.85. The molecule has 13 heavy (non-hydrogen) atoms. The average Bonchev–Trinajstić information content (AvgIpc) is 1.81. The first-order valence-electron chi connectivity index (χ1n) is 4.09. The van der Waals surface area contributed by atoms with Crippen LogP contribution >= 0.6 is 0 Å². The Morgan fingerprint density at radius 1 is 1.62 bits per heavy atom. The van der Waals surface area contributed by atoms with E-state index in [0.29, 0.717) is 12.5 Å². The van der Waals surface area contributed by atoms with Crippen LogP contribution in [0.15, 0.2) is 4.99 Å². The van der Waals surface area contributed by atoms with Crippen molar-refractivity contribution < 1.29 is 8.42 Å². The minimum Gasteiger partial charge on any atom is -0.370 e. The van der Waals surface area contributed by atoms with E-state index in [0.717, 1.165) is 0 Å². The highest BCUT2D eigenvalue weighted by Crippen LogP contribution is 1.89. The Morgan fingerprint density at radius 2 is 2.15 bits per heavy atom. The maximum Gasteiger partial charge on any atom is 0.188 e. The van der Waals surface area contributed by atoms with E-state index in [-0.39, 0.29) is 11.8 Å². The normalized spacial score (nSPS) is 15.5. The van der Waals surface area contributed by atoms with Gasteiger partial charge in [-0.15, -0.1) is 0 Å². The Balaban J connectivity index is 4.02. The van der Waals surface area contributed by atoms with Crippen molar-refractivity contribution in [2.45, 2.75) is 19.9 Å². The topological polar surface area (TPSA) is 84.5 Å². The third-order valence-electron chi connectivity index (χ3n) is 1.28. The Kier molecular flexibility index (Phi) is 4.76. The molecule has 1 unspecified atom stereocenters. The van der Waals surface area contributed by atoms with Gasteiger partial charge in [-0.1, -0.05) is 0 Å². The fraction of sp³-hybridized carbons (Fsp3) is 0.857. The van der Waals surface area contributed by atoms with Gasteiger partial charge in [0.15, 0.2) is 5.96 Å². The van der Waals surface area contributed by atoms with Crippen molar-refractivity contribution in [2.24, 2.45) is 10.7 Å². The number of hydrogen-bond donors (Lipinski definition) is 2. The molecule has 3 N–H and O–H groups in total. The average molecular weight is 207 g/mol.